The number of likely N-dealkylation sites (N-methyl/N-ethyl adjacent to an activating group) is 1. The zero-order chi connectivity index (χ0) is 28.5. The third-order valence-corrected chi connectivity index (χ3v) is 8.40. The first-order chi connectivity index (χ1) is 19.9. The standard InChI is InChI=1S/C31H39N7O3/c1-21-6-5-7-22(2)28(21)37-20-23-19-32-30(34-29(23)38(31(37)39)24-10-16-41-17-11-24)33-26-9-8-25(18-27(26)40-4)36-14-12-35(3)13-15-36/h5-9,18-19,24H,10-17,20H2,1-4H3,(H,32,33,34). The van der Waals surface area contributed by atoms with E-state index in [1.807, 2.05) is 28.1 Å². The number of hydrogen-bond donors (Lipinski definition) is 1. The molecule has 2 fully saturated rings. The number of anilines is 5. The third kappa shape index (κ3) is 5.41. The van der Waals surface area contributed by atoms with Crippen LogP contribution in [0.1, 0.15) is 29.5 Å². The van der Waals surface area contributed by atoms with Gasteiger partial charge in [-0.15, -0.1) is 0 Å². The predicted octanol–water partition coefficient (Wildman–Crippen LogP) is 4.72. The number of urea groups is 1. The van der Waals surface area contributed by atoms with Gasteiger partial charge >= 0.3 is 6.03 Å². The molecule has 0 radical (unpaired) electrons. The van der Waals surface area contributed by atoms with Crippen LogP contribution in [0.5, 0.6) is 5.75 Å². The summed E-state index contributed by atoms with van der Waals surface area (Å²) in [5.41, 5.74) is 5.92. The van der Waals surface area contributed by atoms with E-state index in [1.54, 1.807) is 7.11 Å². The monoisotopic (exact) mass is 557 g/mol. The predicted molar refractivity (Wildman–Crippen MR) is 162 cm³/mol. The van der Waals surface area contributed by atoms with Gasteiger partial charge in [-0.25, -0.2) is 9.78 Å². The molecule has 1 N–H and O–H groups in total. The Kier molecular flexibility index (Phi) is 7.68. The van der Waals surface area contributed by atoms with Crippen LogP contribution in [0, 0.1) is 13.8 Å². The van der Waals surface area contributed by atoms with E-state index in [4.69, 9.17) is 14.5 Å². The van der Waals surface area contributed by atoms with Crippen molar-refractivity contribution in [1.82, 2.24) is 14.9 Å². The van der Waals surface area contributed by atoms with Crippen LogP contribution in [0.15, 0.2) is 42.6 Å². The van der Waals surface area contributed by atoms with Crippen LogP contribution < -0.4 is 24.8 Å². The Morgan fingerprint density at radius 1 is 1.02 bits per heavy atom. The normalized spacial score (nSPS) is 18.4. The highest BCUT2D eigenvalue weighted by molar-refractivity contribution is 6.06. The molecule has 0 atom stereocenters. The van der Waals surface area contributed by atoms with Crippen molar-refractivity contribution in [3.8, 4) is 5.75 Å². The van der Waals surface area contributed by atoms with E-state index >= 15 is 0 Å². The summed E-state index contributed by atoms with van der Waals surface area (Å²) in [6, 6.07) is 12.3. The smallest absolute Gasteiger partial charge is 0.330 e. The highest BCUT2D eigenvalue weighted by Gasteiger charge is 2.39. The average molecular weight is 558 g/mol. The molecule has 10 heteroatoms. The molecule has 0 aliphatic carbocycles. The highest BCUT2D eigenvalue weighted by Crippen LogP contribution is 2.38. The number of ether oxygens (including phenoxy) is 2. The largest absolute Gasteiger partial charge is 0.494 e. The molecule has 3 aromatic rings. The number of methoxy groups -OCH3 is 1. The molecular formula is C31H39N7O3. The Morgan fingerprint density at radius 3 is 2.46 bits per heavy atom. The number of rotatable bonds is 6. The van der Waals surface area contributed by atoms with Crippen molar-refractivity contribution in [2.45, 2.75) is 39.3 Å². The van der Waals surface area contributed by atoms with Gasteiger partial charge in [0.2, 0.25) is 5.95 Å². The van der Waals surface area contributed by atoms with Gasteiger partial charge in [0.15, 0.2) is 0 Å². The van der Waals surface area contributed by atoms with E-state index in [1.165, 1.54) is 0 Å². The van der Waals surface area contributed by atoms with Gasteiger partial charge in [0.25, 0.3) is 0 Å². The number of aromatic nitrogens is 2. The molecule has 0 bridgehead atoms. The first kappa shape index (κ1) is 27.3. The first-order valence-electron chi connectivity index (χ1n) is 14.4. The molecule has 0 saturated carbocycles. The molecule has 4 heterocycles. The number of para-hydroxylation sites is 1. The van der Waals surface area contributed by atoms with Gasteiger partial charge in [0.05, 0.1) is 25.0 Å². The quantitative estimate of drug-likeness (QED) is 0.466. The number of hydrogen-bond acceptors (Lipinski definition) is 8. The van der Waals surface area contributed by atoms with Gasteiger partial charge in [0.1, 0.15) is 11.6 Å². The van der Waals surface area contributed by atoms with Crippen molar-refractivity contribution in [1.29, 1.82) is 0 Å². The van der Waals surface area contributed by atoms with E-state index < -0.39 is 0 Å². The summed E-state index contributed by atoms with van der Waals surface area (Å²) in [5.74, 6) is 1.82. The van der Waals surface area contributed by atoms with Crippen LogP contribution in [0.2, 0.25) is 0 Å². The molecule has 41 heavy (non-hydrogen) atoms. The van der Waals surface area contributed by atoms with Gasteiger partial charge in [-0.2, -0.15) is 4.98 Å². The number of fused-ring (bicyclic) bond motifs is 1. The summed E-state index contributed by atoms with van der Waals surface area (Å²) in [6.45, 7) is 9.81. The molecule has 216 valence electrons. The molecule has 1 aromatic heterocycles. The molecule has 2 saturated heterocycles. The van der Waals surface area contributed by atoms with E-state index in [2.05, 4.69) is 65.3 Å². The summed E-state index contributed by atoms with van der Waals surface area (Å²) in [7, 11) is 3.83. The van der Waals surface area contributed by atoms with Crippen molar-refractivity contribution in [2.24, 2.45) is 0 Å². The van der Waals surface area contributed by atoms with E-state index in [0.29, 0.717) is 31.5 Å². The summed E-state index contributed by atoms with van der Waals surface area (Å²) >= 11 is 0. The van der Waals surface area contributed by atoms with Crippen LogP contribution in [0.25, 0.3) is 0 Å². The summed E-state index contributed by atoms with van der Waals surface area (Å²) < 4.78 is 11.4. The molecule has 3 aliphatic rings. The van der Waals surface area contributed by atoms with Crippen molar-refractivity contribution in [3.05, 3.63) is 59.3 Å². The number of nitrogens with one attached hydrogen (secondary N) is 1. The van der Waals surface area contributed by atoms with Gasteiger partial charge in [-0.1, -0.05) is 18.2 Å². The highest BCUT2D eigenvalue weighted by atomic mass is 16.5. The van der Waals surface area contributed by atoms with Crippen molar-refractivity contribution in [3.63, 3.8) is 0 Å². The van der Waals surface area contributed by atoms with Crippen LogP contribution in [-0.2, 0) is 11.3 Å². The van der Waals surface area contributed by atoms with Crippen LogP contribution in [0.3, 0.4) is 0 Å². The van der Waals surface area contributed by atoms with Crippen LogP contribution in [0.4, 0.5) is 33.6 Å². The lowest BCUT2D eigenvalue weighted by atomic mass is 10.0. The molecule has 0 unspecified atom stereocenters. The van der Waals surface area contributed by atoms with Crippen LogP contribution >= 0.6 is 0 Å². The molecule has 10 nitrogen and oxygen atoms in total. The van der Waals surface area contributed by atoms with Crippen molar-refractivity contribution < 1.29 is 14.3 Å². The number of aryl methyl sites for hydroxylation is 2. The molecule has 2 aromatic carbocycles. The summed E-state index contributed by atoms with van der Waals surface area (Å²) in [6.07, 6.45) is 3.37. The minimum absolute atomic E-state index is 0.00211. The maximum absolute atomic E-state index is 14.2. The second kappa shape index (κ2) is 11.5. The van der Waals surface area contributed by atoms with E-state index in [0.717, 1.165) is 78.5 Å². The molecular weight excluding hydrogens is 518 g/mol. The second-order valence-corrected chi connectivity index (χ2v) is 11.2. The number of piperazine rings is 1. The fourth-order valence-electron chi connectivity index (χ4n) is 6.08. The van der Waals surface area contributed by atoms with Gasteiger partial charge < -0.3 is 24.6 Å². The lowest BCUT2D eigenvalue weighted by molar-refractivity contribution is 0.0854. The fourth-order valence-corrected chi connectivity index (χ4v) is 6.08. The van der Waals surface area contributed by atoms with E-state index in [-0.39, 0.29) is 12.1 Å². The molecule has 6 rings (SSSR count). The number of amides is 2. The Bertz CT molecular complexity index is 1400. The maximum Gasteiger partial charge on any atom is 0.330 e. The van der Waals surface area contributed by atoms with Gasteiger partial charge in [-0.05, 0) is 57.0 Å². The fraction of sp³-hybridized carbons (Fsp3) is 0.452. The Hall–Kier alpha value is -3.89. The summed E-state index contributed by atoms with van der Waals surface area (Å²) in [5, 5.41) is 3.36. The Labute approximate surface area is 241 Å². The van der Waals surface area contributed by atoms with Crippen LogP contribution in [-0.4, -0.2) is 80.5 Å². The number of benzene rings is 2. The lowest BCUT2D eigenvalue weighted by Gasteiger charge is -2.42. The summed E-state index contributed by atoms with van der Waals surface area (Å²) in [4.78, 5) is 32.2. The number of carbonyl (C=O) groups is 1. The van der Waals surface area contributed by atoms with Gasteiger partial charge in [-0.3, -0.25) is 9.80 Å². The van der Waals surface area contributed by atoms with Gasteiger partial charge in [0, 0.05) is 68.9 Å². The number of nitrogens with zero attached hydrogens (tertiary/aromatic N) is 6. The molecule has 2 amide bonds. The Morgan fingerprint density at radius 2 is 1.76 bits per heavy atom. The van der Waals surface area contributed by atoms with Crippen molar-refractivity contribution in [2.75, 3.05) is 73.6 Å². The molecule has 3 aliphatic heterocycles. The maximum atomic E-state index is 14.2. The average Bonchev–Trinajstić information content (AvgIpc) is 2.98. The third-order valence-electron chi connectivity index (χ3n) is 8.40. The minimum atomic E-state index is -0.0550. The molecule has 0 spiro atoms. The van der Waals surface area contributed by atoms with E-state index in [9.17, 15) is 4.79 Å². The SMILES string of the molecule is COc1cc(N2CCN(C)CC2)ccc1Nc1ncc2c(n1)N(C1CCOCC1)C(=O)N(c1c(C)cccc1C)C2. The first-order valence-corrected chi connectivity index (χ1v) is 14.4. The Balaban J connectivity index is 1.32. The lowest BCUT2D eigenvalue weighted by Crippen LogP contribution is -2.54. The minimum Gasteiger partial charge on any atom is -0.494 e. The second-order valence-electron chi connectivity index (χ2n) is 11.2. The zero-order valence-corrected chi connectivity index (χ0v) is 24.4. The number of carbonyl (C=O) groups excluding carboxylic acids is 1. The van der Waals surface area contributed by atoms with Crippen molar-refractivity contribution >= 4 is 34.9 Å². The topological polar surface area (TPSA) is 86.3 Å². The zero-order valence-electron chi connectivity index (χ0n) is 24.4.